The maximum Gasteiger partial charge on any atom is 0.273 e. The van der Waals surface area contributed by atoms with Crippen molar-refractivity contribution in [3.8, 4) is 5.75 Å². The van der Waals surface area contributed by atoms with Gasteiger partial charge in [-0.25, -0.2) is 4.98 Å². The predicted molar refractivity (Wildman–Crippen MR) is 68.7 cm³/mol. The van der Waals surface area contributed by atoms with Gasteiger partial charge in [0.1, 0.15) is 0 Å². The lowest BCUT2D eigenvalue weighted by atomic mass is 10.0. The second kappa shape index (κ2) is 5.82. The molecule has 1 fully saturated rings. The van der Waals surface area contributed by atoms with Gasteiger partial charge in [-0.15, -0.1) is 0 Å². The summed E-state index contributed by atoms with van der Waals surface area (Å²) in [5.74, 6) is 0.905. The molecule has 0 radical (unpaired) electrons. The van der Waals surface area contributed by atoms with Gasteiger partial charge in [0.15, 0.2) is 11.4 Å². The first-order chi connectivity index (χ1) is 8.66. The summed E-state index contributed by atoms with van der Waals surface area (Å²) in [5.41, 5.74) is 0.360. The molecule has 1 aliphatic rings. The maximum absolute atomic E-state index is 12.0. The van der Waals surface area contributed by atoms with E-state index in [-0.39, 0.29) is 12.0 Å². The molecule has 1 aliphatic heterocycles. The van der Waals surface area contributed by atoms with Gasteiger partial charge in [-0.2, -0.15) is 0 Å². The largest absolute Gasteiger partial charge is 0.489 e. The summed E-state index contributed by atoms with van der Waals surface area (Å²) in [7, 11) is 0. The fourth-order valence-corrected chi connectivity index (χ4v) is 1.72. The van der Waals surface area contributed by atoms with E-state index in [4.69, 9.17) is 4.74 Å². The molecule has 1 aromatic rings. The quantitative estimate of drug-likeness (QED) is 0.811. The summed E-state index contributed by atoms with van der Waals surface area (Å²) < 4.78 is 5.58. The van der Waals surface area contributed by atoms with Crippen molar-refractivity contribution in [1.82, 2.24) is 15.6 Å². The summed E-state index contributed by atoms with van der Waals surface area (Å²) in [6, 6.07) is 3.54. The van der Waals surface area contributed by atoms with E-state index in [2.05, 4.69) is 15.6 Å². The van der Waals surface area contributed by atoms with Crippen LogP contribution in [0, 0.1) is 5.92 Å². The number of hydrogen-bond donors (Lipinski definition) is 2. The molecule has 1 aromatic heterocycles. The molecule has 0 spiro atoms. The Morgan fingerprint density at radius 2 is 2.39 bits per heavy atom. The Labute approximate surface area is 107 Å². The molecule has 1 amide bonds. The number of nitrogens with one attached hydrogen (secondary N) is 2. The van der Waals surface area contributed by atoms with Crippen LogP contribution in [0.15, 0.2) is 18.3 Å². The number of rotatable bonds is 5. The summed E-state index contributed by atoms with van der Waals surface area (Å²) in [4.78, 5) is 16.1. The molecule has 18 heavy (non-hydrogen) atoms. The number of aromatic nitrogens is 1. The zero-order valence-corrected chi connectivity index (χ0v) is 10.8. The molecule has 0 aromatic carbocycles. The molecule has 0 atom stereocenters. The lowest BCUT2D eigenvalue weighted by Crippen LogP contribution is -2.48. The molecule has 2 N–H and O–H groups in total. The van der Waals surface area contributed by atoms with Crippen molar-refractivity contribution >= 4 is 5.91 Å². The Morgan fingerprint density at radius 1 is 1.61 bits per heavy atom. The van der Waals surface area contributed by atoms with Crippen molar-refractivity contribution < 1.29 is 9.53 Å². The van der Waals surface area contributed by atoms with Gasteiger partial charge in [0.05, 0.1) is 6.10 Å². The number of carbonyl (C=O) groups is 1. The minimum atomic E-state index is -0.168. The number of nitrogens with zero attached hydrogens (tertiary/aromatic N) is 1. The van der Waals surface area contributed by atoms with Gasteiger partial charge in [0.25, 0.3) is 5.91 Å². The lowest BCUT2D eigenvalue weighted by molar-refractivity contribution is 0.0930. The molecule has 2 heterocycles. The highest BCUT2D eigenvalue weighted by Gasteiger charge is 2.20. The van der Waals surface area contributed by atoms with E-state index >= 15 is 0 Å². The van der Waals surface area contributed by atoms with Crippen LogP contribution in [0.25, 0.3) is 0 Å². The van der Waals surface area contributed by atoms with Crippen LogP contribution in [0.4, 0.5) is 0 Å². The van der Waals surface area contributed by atoms with Crippen LogP contribution in [0.5, 0.6) is 5.75 Å². The SMILES string of the molecule is CC(C)Oc1cccnc1C(=O)NCC1CNC1. The van der Waals surface area contributed by atoms with E-state index in [0.717, 1.165) is 13.1 Å². The molecule has 1 saturated heterocycles. The fraction of sp³-hybridized carbons (Fsp3) is 0.538. The number of hydrogen-bond acceptors (Lipinski definition) is 4. The van der Waals surface area contributed by atoms with E-state index < -0.39 is 0 Å². The number of pyridine rings is 1. The Balaban J connectivity index is 1.99. The van der Waals surface area contributed by atoms with Crippen molar-refractivity contribution in [3.63, 3.8) is 0 Å². The molecule has 98 valence electrons. The van der Waals surface area contributed by atoms with Crippen molar-refractivity contribution in [3.05, 3.63) is 24.0 Å². The van der Waals surface area contributed by atoms with Gasteiger partial charge < -0.3 is 15.4 Å². The highest BCUT2D eigenvalue weighted by atomic mass is 16.5. The predicted octanol–water partition coefficient (Wildman–Crippen LogP) is 0.818. The van der Waals surface area contributed by atoms with Crippen molar-refractivity contribution in [2.45, 2.75) is 20.0 Å². The highest BCUT2D eigenvalue weighted by Crippen LogP contribution is 2.16. The lowest BCUT2D eigenvalue weighted by Gasteiger charge is -2.27. The first-order valence-electron chi connectivity index (χ1n) is 6.27. The highest BCUT2D eigenvalue weighted by molar-refractivity contribution is 5.94. The minimum absolute atomic E-state index is 0.0246. The van der Waals surface area contributed by atoms with E-state index in [1.807, 2.05) is 13.8 Å². The zero-order chi connectivity index (χ0) is 13.0. The Hall–Kier alpha value is -1.62. The number of ether oxygens (including phenoxy) is 1. The van der Waals surface area contributed by atoms with Crippen molar-refractivity contribution in [2.75, 3.05) is 19.6 Å². The summed E-state index contributed by atoms with van der Waals surface area (Å²) in [5, 5.41) is 6.06. The van der Waals surface area contributed by atoms with E-state index in [0.29, 0.717) is 23.9 Å². The van der Waals surface area contributed by atoms with Gasteiger partial charge in [-0.3, -0.25) is 4.79 Å². The molecular formula is C13H19N3O2. The summed E-state index contributed by atoms with van der Waals surface area (Å²) >= 11 is 0. The third kappa shape index (κ3) is 3.20. The average molecular weight is 249 g/mol. The molecule has 5 heteroatoms. The van der Waals surface area contributed by atoms with Crippen LogP contribution in [0.3, 0.4) is 0 Å². The van der Waals surface area contributed by atoms with E-state index in [9.17, 15) is 4.79 Å². The van der Waals surface area contributed by atoms with Crippen LogP contribution in [-0.2, 0) is 0 Å². The van der Waals surface area contributed by atoms with Crippen molar-refractivity contribution in [1.29, 1.82) is 0 Å². The topological polar surface area (TPSA) is 63.2 Å². The third-order valence-corrected chi connectivity index (χ3v) is 2.77. The Kier molecular flexibility index (Phi) is 4.15. The average Bonchev–Trinajstić information content (AvgIpc) is 2.26. The zero-order valence-electron chi connectivity index (χ0n) is 10.8. The van der Waals surface area contributed by atoms with E-state index in [1.54, 1.807) is 18.3 Å². The van der Waals surface area contributed by atoms with Crippen LogP contribution in [0.2, 0.25) is 0 Å². The van der Waals surface area contributed by atoms with Gasteiger partial charge in [0, 0.05) is 31.7 Å². The second-order valence-corrected chi connectivity index (χ2v) is 4.75. The summed E-state index contributed by atoms with van der Waals surface area (Å²) in [6.45, 7) is 6.47. The van der Waals surface area contributed by atoms with Crippen LogP contribution in [-0.4, -0.2) is 36.6 Å². The Bertz CT molecular complexity index is 416. The normalized spacial score (nSPS) is 15.3. The molecule has 2 rings (SSSR count). The smallest absolute Gasteiger partial charge is 0.273 e. The molecular weight excluding hydrogens is 230 g/mol. The van der Waals surface area contributed by atoms with Crippen LogP contribution in [0.1, 0.15) is 24.3 Å². The van der Waals surface area contributed by atoms with Crippen LogP contribution < -0.4 is 15.4 Å². The van der Waals surface area contributed by atoms with Gasteiger partial charge in [-0.1, -0.05) is 0 Å². The molecule has 0 bridgehead atoms. The first kappa shape index (κ1) is 12.8. The van der Waals surface area contributed by atoms with Gasteiger partial charge >= 0.3 is 0 Å². The number of amides is 1. The number of carbonyl (C=O) groups excluding carboxylic acids is 1. The van der Waals surface area contributed by atoms with Gasteiger partial charge in [0.2, 0.25) is 0 Å². The first-order valence-corrected chi connectivity index (χ1v) is 6.27. The second-order valence-electron chi connectivity index (χ2n) is 4.75. The van der Waals surface area contributed by atoms with Crippen molar-refractivity contribution in [2.24, 2.45) is 5.92 Å². The molecule has 0 aliphatic carbocycles. The van der Waals surface area contributed by atoms with Gasteiger partial charge in [-0.05, 0) is 26.0 Å². The monoisotopic (exact) mass is 249 g/mol. The standard InChI is InChI=1S/C13H19N3O2/c1-9(2)18-11-4-3-5-15-12(11)13(17)16-8-10-6-14-7-10/h3-5,9-10,14H,6-8H2,1-2H3,(H,16,17). The minimum Gasteiger partial charge on any atom is -0.489 e. The molecule has 0 unspecified atom stereocenters. The van der Waals surface area contributed by atoms with E-state index in [1.165, 1.54) is 0 Å². The molecule has 5 nitrogen and oxygen atoms in total. The maximum atomic E-state index is 12.0. The third-order valence-electron chi connectivity index (χ3n) is 2.77. The van der Waals surface area contributed by atoms with Crippen LogP contribution >= 0.6 is 0 Å². The summed E-state index contributed by atoms with van der Waals surface area (Å²) in [6.07, 6.45) is 1.63. The Morgan fingerprint density at radius 3 is 3.00 bits per heavy atom. The fourth-order valence-electron chi connectivity index (χ4n) is 1.72. The molecule has 0 saturated carbocycles.